The summed E-state index contributed by atoms with van der Waals surface area (Å²) in [7, 11) is 0. The van der Waals surface area contributed by atoms with Crippen LogP contribution in [0, 0.1) is 0 Å². The Kier molecular flexibility index (Phi) is 3.19. The molecule has 0 radical (unpaired) electrons. The molecule has 4 nitrogen and oxygen atoms in total. The standard InChI is InChI=1S/C5H10O4/c1-3(6)5(8)9-4(2)7/h3,5-6,8H,1-2H3. The highest BCUT2D eigenvalue weighted by Crippen LogP contribution is 1.93. The van der Waals surface area contributed by atoms with Gasteiger partial charge in [0.1, 0.15) is 6.10 Å². The Balaban J connectivity index is 3.50. The molecule has 4 heteroatoms. The van der Waals surface area contributed by atoms with Gasteiger partial charge >= 0.3 is 5.97 Å². The molecule has 0 aliphatic heterocycles. The molecule has 0 aromatic heterocycles. The normalized spacial score (nSPS) is 16.4. The summed E-state index contributed by atoms with van der Waals surface area (Å²) >= 11 is 0. The van der Waals surface area contributed by atoms with Gasteiger partial charge in [0.2, 0.25) is 6.29 Å². The first-order chi connectivity index (χ1) is 4.04. The highest BCUT2D eigenvalue weighted by atomic mass is 16.6. The number of ether oxygens (including phenoxy) is 1. The van der Waals surface area contributed by atoms with Gasteiger partial charge in [0.15, 0.2) is 0 Å². The molecule has 0 aromatic carbocycles. The molecule has 2 atom stereocenters. The Morgan fingerprint density at radius 3 is 2.11 bits per heavy atom. The smallest absolute Gasteiger partial charge is 0.305 e. The van der Waals surface area contributed by atoms with Crippen LogP contribution in [-0.4, -0.2) is 28.6 Å². The van der Waals surface area contributed by atoms with Crippen molar-refractivity contribution in [1.29, 1.82) is 0 Å². The van der Waals surface area contributed by atoms with Crippen LogP contribution in [0.3, 0.4) is 0 Å². The first-order valence-corrected chi connectivity index (χ1v) is 2.57. The van der Waals surface area contributed by atoms with E-state index < -0.39 is 18.4 Å². The minimum atomic E-state index is -1.40. The van der Waals surface area contributed by atoms with Gasteiger partial charge < -0.3 is 14.9 Å². The van der Waals surface area contributed by atoms with E-state index in [1.54, 1.807) is 0 Å². The quantitative estimate of drug-likeness (QED) is 0.385. The van der Waals surface area contributed by atoms with Gasteiger partial charge in [-0.25, -0.2) is 0 Å². The lowest BCUT2D eigenvalue weighted by atomic mass is 10.4. The fraction of sp³-hybridized carbons (Fsp3) is 0.800. The Labute approximate surface area is 53.1 Å². The molecule has 0 bridgehead atoms. The van der Waals surface area contributed by atoms with E-state index in [1.807, 2.05) is 0 Å². The van der Waals surface area contributed by atoms with Gasteiger partial charge in [-0.15, -0.1) is 0 Å². The number of esters is 1. The van der Waals surface area contributed by atoms with Crippen molar-refractivity contribution >= 4 is 5.97 Å². The summed E-state index contributed by atoms with van der Waals surface area (Å²) in [5.41, 5.74) is 0. The SMILES string of the molecule is CC(=O)OC(O)C(C)O. The number of hydrogen-bond acceptors (Lipinski definition) is 4. The number of aliphatic hydroxyl groups excluding tert-OH is 2. The van der Waals surface area contributed by atoms with Crippen molar-refractivity contribution < 1.29 is 19.7 Å². The molecular weight excluding hydrogens is 124 g/mol. The number of rotatable bonds is 2. The Morgan fingerprint density at radius 1 is 1.56 bits per heavy atom. The van der Waals surface area contributed by atoms with Crippen LogP contribution in [0.4, 0.5) is 0 Å². The molecule has 2 N–H and O–H groups in total. The van der Waals surface area contributed by atoms with E-state index in [9.17, 15) is 4.79 Å². The third-order valence-corrected chi connectivity index (χ3v) is 0.699. The second-order valence-corrected chi connectivity index (χ2v) is 1.74. The van der Waals surface area contributed by atoms with Crippen LogP contribution >= 0.6 is 0 Å². The maximum absolute atomic E-state index is 10.1. The topological polar surface area (TPSA) is 66.8 Å². The molecule has 0 aliphatic rings. The Hall–Kier alpha value is -0.610. The van der Waals surface area contributed by atoms with Gasteiger partial charge in [-0.1, -0.05) is 0 Å². The van der Waals surface area contributed by atoms with Crippen molar-refractivity contribution in [2.24, 2.45) is 0 Å². The van der Waals surface area contributed by atoms with Crippen LogP contribution < -0.4 is 0 Å². The third-order valence-electron chi connectivity index (χ3n) is 0.699. The van der Waals surface area contributed by atoms with Crippen LogP contribution in [0.2, 0.25) is 0 Å². The van der Waals surface area contributed by atoms with Gasteiger partial charge in [0, 0.05) is 6.92 Å². The lowest BCUT2D eigenvalue weighted by molar-refractivity contribution is -0.181. The van der Waals surface area contributed by atoms with Gasteiger partial charge in [0.25, 0.3) is 0 Å². The first kappa shape index (κ1) is 8.39. The van der Waals surface area contributed by atoms with Gasteiger partial charge in [-0.3, -0.25) is 4.79 Å². The zero-order chi connectivity index (χ0) is 7.44. The molecule has 0 aliphatic carbocycles. The van der Waals surface area contributed by atoms with Crippen LogP contribution in [0.25, 0.3) is 0 Å². The van der Waals surface area contributed by atoms with Crippen molar-refractivity contribution in [3.05, 3.63) is 0 Å². The Bertz CT molecular complexity index is 99.1. The highest BCUT2D eigenvalue weighted by molar-refractivity contribution is 5.66. The first-order valence-electron chi connectivity index (χ1n) is 2.57. The minimum absolute atomic E-state index is 0.608. The summed E-state index contributed by atoms with van der Waals surface area (Å²) in [6.45, 7) is 2.49. The van der Waals surface area contributed by atoms with E-state index in [1.165, 1.54) is 6.92 Å². The molecule has 0 fully saturated rings. The maximum Gasteiger partial charge on any atom is 0.305 e. The van der Waals surface area contributed by atoms with E-state index in [-0.39, 0.29) is 0 Å². The lowest BCUT2D eigenvalue weighted by Gasteiger charge is -2.11. The molecule has 0 rings (SSSR count). The average Bonchev–Trinajstić information content (AvgIpc) is 1.63. The summed E-state index contributed by atoms with van der Waals surface area (Å²) in [5.74, 6) is -0.608. The zero-order valence-electron chi connectivity index (χ0n) is 5.37. The largest absolute Gasteiger partial charge is 0.433 e. The van der Waals surface area contributed by atoms with E-state index in [4.69, 9.17) is 10.2 Å². The van der Waals surface area contributed by atoms with Crippen molar-refractivity contribution in [2.45, 2.75) is 26.2 Å². The monoisotopic (exact) mass is 134 g/mol. The predicted octanol–water partition coefficient (Wildman–Crippen LogP) is -0.751. The third kappa shape index (κ3) is 3.93. The van der Waals surface area contributed by atoms with Crippen LogP contribution in [0.1, 0.15) is 13.8 Å². The second-order valence-electron chi connectivity index (χ2n) is 1.74. The zero-order valence-corrected chi connectivity index (χ0v) is 5.37. The Morgan fingerprint density at radius 2 is 2.00 bits per heavy atom. The molecule has 0 aromatic rings. The number of carbonyl (C=O) groups is 1. The molecule has 54 valence electrons. The molecule has 0 spiro atoms. The van der Waals surface area contributed by atoms with Crippen LogP contribution in [0.15, 0.2) is 0 Å². The summed E-state index contributed by atoms with van der Waals surface area (Å²) in [5, 5.41) is 17.1. The predicted molar refractivity (Wildman–Crippen MR) is 29.5 cm³/mol. The van der Waals surface area contributed by atoms with E-state index in [0.29, 0.717) is 0 Å². The van der Waals surface area contributed by atoms with Crippen molar-refractivity contribution in [3.63, 3.8) is 0 Å². The van der Waals surface area contributed by atoms with Crippen molar-refractivity contribution in [2.75, 3.05) is 0 Å². The average molecular weight is 134 g/mol. The van der Waals surface area contributed by atoms with Crippen LogP contribution in [0.5, 0.6) is 0 Å². The molecular formula is C5H10O4. The maximum atomic E-state index is 10.1. The summed E-state index contributed by atoms with van der Waals surface area (Å²) < 4.78 is 4.18. The van der Waals surface area contributed by atoms with Crippen molar-refractivity contribution in [3.8, 4) is 0 Å². The summed E-state index contributed by atoms with van der Waals surface area (Å²) in [6, 6.07) is 0. The number of hydrogen-bond donors (Lipinski definition) is 2. The molecule has 0 heterocycles. The molecule has 0 saturated heterocycles. The molecule has 0 saturated carbocycles. The van der Waals surface area contributed by atoms with Gasteiger partial charge in [0.05, 0.1) is 0 Å². The van der Waals surface area contributed by atoms with E-state index >= 15 is 0 Å². The summed E-state index contributed by atoms with van der Waals surface area (Å²) in [6.07, 6.45) is -2.43. The van der Waals surface area contributed by atoms with Crippen LogP contribution in [-0.2, 0) is 9.53 Å². The number of aliphatic hydroxyl groups is 2. The van der Waals surface area contributed by atoms with E-state index in [2.05, 4.69) is 4.74 Å². The highest BCUT2D eigenvalue weighted by Gasteiger charge is 2.12. The number of carbonyl (C=O) groups excluding carboxylic acids is 1. The summed E-state index contributed by atoms with van der Waals surface area (Å²) in [4.78, 5) is 10.1. The molecule has 2 unspecified atom stereocenters. The minimum Gasteiger partial charge on any atom is -0.433 e. The molecule has 9 heavy (non-hydrogen) atoms. The molecule has 0 amide bonds. The fourth-order valence-corrected chi connectivity index (χ4v) is 0.269. The van der Waals surface area contributed by atoms with Crippen molar-refractivity contribution in [1.82, 2.24) is 0 Å². The van der Waals surface area contributed by atoms with E-state index in [0.717, 1.165) is 6.92 Å². The lowest BCUT2D eigenvalue weighted by Crippen LogP contribution is -2.27. The van der Waals surface area contributed by atoms with Gasteiger partial charge in [-0.05, 0) is 6.92 Å². The van der Waals surface area contributed by atoms with Gasteiger partial charge in [-0.2, -0.15) is 0 Å². The second kappa shape index (κ2) is 3.42. The fourth-order valence-electron chi connectivity index (χ4n) is 0.269.